The Hall–Kier alpha value is -1.26. The van der Waals surface area contributed by atoms with Crippen molar-refractivity contribution in [1.29, 1.82) is 0 Å². The minimum absolute atomic E-state index is 0.146. The zero-order chi connectivity index (χ0) is 13.0. The fraction of sp³-hybridized carbons (Fsp3) is 0.462. The first-order valence-corrected chi connectivity index (χ1v) is 6.52. The van der Waals surface area contributed by atoms with Crippen LogP contribution < -0.4 is 10.6 Å². The van der Waals surface area contributed by atoms with E-state index in [1.165, 1.54) is 0 Å². The molecule has 1 saturated carbocycles. The summed E-state index contributed by atoms with van der Waals surface area (Å²) in [5.74, 6) is 0. The highest BCUT2D eigenvalue weighted by atomic mass is 35.5. The number of hydrogen-bond acceptors (Lipinski definition) is 2. The van der Waals surface area contributed by atoms with Gasteiger partial charge in [0.2, 0.25) is 0 Å². The van der Waals surface area contributed by atoms with Crippen molar-refractivity contribution in [2.45, 2.75) is 37.8 Å². The van der Waals surface area contributed by atoms with Crippen LogP contribution in [0.3, 0.4) is 0 Å². The molecule has 2 rings (SSSR count). The van der Waals surface area contributed by atoms with Crippen molar-refractivity contribution in [3.05, 3.63) is 29.3 Å². The smallest absolute Gasteiger partial charge is 0.319 e. The number of amides is 2. The molecular weight excluding hydrogens is 252 g/mol. The highest BCUT2D eigenvalue weighted by Gasteiger charge is 2.20. The summed E-state index contributed by atoms with van der Waals surface area (Å²) in [6.45, 7) is 0. The van der Waals surface area contributed by atoms with E-state index in [-0.39, 0.29) is 18.2 Å². The lowest BCUT2D eigenvalue weighted by Gasteiger charge is -2.26. The molecule has 3 N–H and O–H groups in total. The standard InChI is InChI=1S/C13H17ClN2O2/c14-9-2-1-3-11(8-9)16-13(18)15-10-4-6-12(17)7-5-10/h1-3,8,10,12,17H,4-7H2,(H2,15,16,18). The molecular formula is C13H17ClN2O2. The number of aliphatic hydroxyl groups is 1. The third kappa shape index (κ3) is 3.89. The van der Waals surface area contributed by atoms with Crippen LogP contribution in [-0.2, 0) is 0 Å². The fourth-order valence-electron chi connectivity index (χ4n) is 2.14. The Bertz CT molecular complexity index is 417. The summed E-state index contributed by atoms with van der Waals surface area (Å²) >= 11 is 5.84. The van der Waals surface area contributed by atoms with E-state index in [9.17, 15) is 9.90 Å². The molecule has 1 fully saturated rings. The topological polar surface area (TPSA) is 61.4 Å². The molecule has 1 aliphatic rings. The summed E-state index contributed by atoms with van der Waals surface area (Å²) in [6.07, 6.45) is 2.94. The van der Waals surface area contributed by atoms with Crippen LogP contribution in [0.25, 0.3) is 0 Å². The number of halogens is 1. The Morgan fingerprint density at radius 1 is 1.28 bits per heavy atom. The Morgan fingerprint density at radius 3 is 2.67 bits per heavy atom. The molecule has 0 saturated heterocycles. The number of benzene rings is 1. The van der Waals surface area contributed by atoms with Gasteiger partial charge in [-0.25, -0.2) is 4.79 Å². The van der Waals surface area contributed by atoms with Crippen molar-refractivity contribution in [1.82, 2.24) is 5.32 Å². The van der Waals surface area contributed by atoms with Crippen molar-refractivity contribution < 1.29 is 9.90 Å². The van der Waals surface area contributed by atoms with Crippen molar-refractivity contribution in [2.24, 2.45) is 0 Å². The average Bonchev–Trinajstić information content (AvgIpc) is 2.32. The van der Waals surface area contributed by atoms with E-state index >= 15 is 0 Å². The predicted octanol–water partition coefficient (Wildman–Crippen LogP) is 2.77. The Kier molecular flexibility index (Phi) is 4.44. The summed E-state index contributed by atoms with van der Waals surface area (Å²) in [4.78, 5) is 11.7. The van der Waals surface area contributed by atoms with Crippen molar-refractivity contribution >= 4 is 23.3 Å². The fourth-order valence-corrected chi connectivity index (χ4v) is 2.33. The number of carbonyl (C=O) groups excluding carboxylic acids is 1. The van der Waals surface area contributed by atoms with Gasteiger partial charge in [0.25, 0.3) is 0 Å². The molecule has 0 radical (unpaired) electrons. The van der Waals surface area contributed by atoms with Crippen LogP contribution in [0.1, 0.15) is 25.7 Å². The molecule has 0 heterocycles. The van der Waals surface area contributed by atoms with Crippen LogP contribution in [0.15, 0.2) is 24.3 Å². The maximum absolute atomic E-state index is 11.7. The minimum Gasteiger partial charge on any atom is -0.393 e. The lowest BCUT2D eigenvalue weighted by atomic mass is 9.93. The van der Waals surface area contributed by atoms with E-state index in [1.54, 1.807) is 24.3 Å². The average molecular weight is 269 g/mol. The van der Waals surface area contributed by atoms with E-state index in [4.69, 9.17) is 11.6 Å². The molecule has 1 aliphatic carbocycles. The second-order valence-electron chi connectivity index (χ2n) is 4.61. The Balaban J connectivity index is 1.82. The van der Waals surface area contributed by atoms with Crippen molar-refractivity contribution in [3.63, 3.8) is 0 Å². The number of rotatable bonds is 2. The first kappa shape index (κ1) is 13.2. The molecule has 0 spiro atoms. The number of carbonyl (C=O) groups is 1. The van der Waals surface area contributed by atoms with Crippen LogP contribution in [-0.4, -0.2) is 23.3 Å². The van der Waals surface area contributed by atoms with E-state index in [2.05, 4.69) is 10.6 Å². The number of nitrogens with one attached hydrogen (secondary N) is 2. The molecule has 2 amide bonds. The summed E-state index contributed by atoms with van der Waals surface area (Å²) < 4.78 is 0. The van der Waals surface area contributed by atoms with Gasteiger partial charge in [-0.1, -0.05) is 17.7 Å². The van der Waals surface area contributed by atoms with Crippen LogP contribution in [0.2, 0.25) is 5.02 Å². The van der Waals surface area contributed by atoms with Gasteiger partial charge in [0, 0.05) is 16.8 Å². The quantitative estimate of drug-likeness (QED) is 0.772. The zero-order valence-corrected chi connectivity index (χ0v) is 10.8. The number of aliphatic hydroxyl groups excluding tert-OH is 1. The van der Waals surface area contributed by atoms with E-state index in [1.807, 2.05) is 0 Å². The van der Waals surface area contributed by atoms with Crippen LogP contribution in [0.5, 0.6) is 0 Å². The molecule has 98 valence electrons. The molecule has 0 bridgehead atoms. The maximum atomic E-state index is 11.7. The second-order valence-corrected chi connectivity index (χ2v) is 5.05. The van der Waals surface area contributed by atoms with Gasteiger partial charge >= 0.3 is 6.03 Å². The van der Waals surface area contributed by atoms with Gasteiger partial charge in [-0.2, -0.15) is 0 Å². The highest BCUT2D eigenvalue weighted by molar-refractivity contribution is 6.30. The van der Waals surface area contributed by atoms with E-state index in [0.717, 1.165) is 25.7 Å². The lowest BCUT2D eigenvalue weighted by molar-refractivity contribution is 0.118. The monoisotopic (exact) mass is 268 g/mol. The molecule has 1 aromatic carbocycles. The van der Waals surface area contributed by atoms with Crippen molar-refractivity contribution in [3.8, 4) is 0 Å². The van der Waals surface area contributed by atoms with Gasteiger partial charge in [-0.15, -0.1) is 0 Å². The third-order valence-corrected chi connectivity index (χ3v) is 3.35. The normalized spacial score (nSPS) is 23.4. The minimum atomic E-state index is -0.223. The second kappa shape index (κ2) is 6.07. The summed E-state index contributed by atoms with van der Waals surface area (Å²) in [5, 5.41) is 15.6. The molecule has 18 heavy (non-hydrogen) atoms. The summed E-state index contributed by atoms with van der Waals surface area (Å²) in [6, 6.07) is 6.95. The van der Waals surface area contributed by atoms with E-state index < -0.39 is 0 Å². The van der Waals surface area contributed by atoms with Gasteiger partial charge in [-0.05, 0) is 43.9 Å². The summed E-state index contributed by atoms with van der Waals surface area (Å²) in [5.41, 5.74) is 0.677. The zero-order valence-electron chi connectivity index (χ0n) is 10.0. The maximum Gasteiger partial charge on any atom is 0.319 e. The largest absolute Gasteiger partial charge is 0.393 e. The SMILES string of the molecule is O=C(Nc1cccc(Cl)c1)NC1CCC(O)CC1. The number of urea groups is 1. The van der Waals surface area contributed by atoms with Crippen molar-refractivity contribution in [2.75, 3.05) is 5.32 Å². The molecule has 4 nitrogen and oxygen atoms in total. The molecule has 5 heteroatoms. The third-order valence-electron chi connectivity index (χ3n) is 3.11. The van der Waals surface area contributed by atoms with Crippen LogP contribution >= 0.6 is 11.6 Å². The Morgan fingerprint density at radius 2 is 2.00 bits per heavy atom. The highest BCUT2D eigenvalue weighted by Crippen LogP contribution is 2.19. The van der Waals surface area contributed by atoms with Gasteiger partial charge in [0.15, 0.2) is 0 Å². The number of anilines is 1. The summed E-state index contributed by atoms with van der Waals surface area (Å²) in [7, 11) is 0. The molecule has 0 unspecified atom stereocenters. The van der Waals surface area contributed by atoms with Crippen LogP contribution in [0.4, 0.5) is 10.5 Å². The van der Waals surface area contributed by atoms with Gasteiger partial charge in [0.1, 0.15) is 0 Å². The van der Waals surface area contributed by atoms with Gasteiger partial charge < -0.3 is 15.7 Å². The first-order valence-electron chi connectivity index (χ1n) is 6.14. The first-order chi connectivity index (χ1) is 8.63. The van der Waals surface area contributed by atoms with Crippen LogP contribution in [0, 0.1) is 0 Å². The molecule has 0 aliphatic heterocycles. The number of hydrogen-bond donors (Lipinski definition) is 3. The molecule has 0 atom stereocenters. The predicted molar refractivity (Wildman–Crippen MR) is 71.9 cm³/mol. The molecule has 1 aromatic rings. The lowest BCUT2D eigenvalue weighted by Crippen LogP contribution is -2.40. The molecule has 0 aromatic heterocycles. The van der Waals surface area contributed by atoms with Gasteiger partial charge in [-0.3, -0.25) is 0 Å². The Labute approximate surface area is 111 Å². The van der Waals surface area contributed by atoms with Gasteiger partial charge in [0.05, 0.1) is 6.10 Å². The van der Waals surface area contributed by atoms with E-state index in [0.29, 0.717) is 10.7 Å².